The smallest absolute Gasteiger partial charge is 0.0702 e. The van der Waals surface area contributed by atoms with Crippen molar-refractivity contribution in [1.29, 1.82) is 0 Å². The van der Waals surface area contributed by atoms with Crippen LogP contribution in [0.2, 0.25) is 0 Å². The van der Waals surface area contributed by atoms with Gasteiger partial charge in [0.15, 0.2) is 0 Å². The van der Waals surface area contributed by atoms with E-state index >= 15 is 0 Å². The summed E-state index contributed by atoms with van der Waals surface area (Å²) in [5, 5.41) is 0. The summed E-state index contributed by atoms with van der Waals surface area (Å²) in [5.41, 5.74) is 3.99. The average molecular weight is 377 g/mol. The Morgan fingerprint density at radius 3 is 2.76 bits per heavy atom. The lowest BCUT2D eigenvalue weighted by Crippen LogP contribution is -2.28. The predicted molar refractivity (Wildman–Crippen MR) is 77.7 cm³/mol. The summed E-state index contributed by atoms with van der Waals surface area (Å²) in [6.07, 6.45) is 4.45. The van der Waals surface area contributed by atoms with Gasteiger partial charge in [-0.25, -0.2) is 0 Å². The minimum atomic E-state index is 0.113. The Kier molecular flexibility index (Phi) is 4.69. The molecular weight excluding hydrogens is 366 g/mol. The summed E-state index contributed by atoms with van der Waals surface area (Å²) in [7, 11) is 0. The van der Waals surface area contributed by atoms with E-state index in [2.05, 4.69) is 54.4 Å². The van der Waals surface area contributed by atoms with Crippen molar-refractivity contribution in [1.82, 2.24) is 10.4 Å². The van der Waals surface area contributed by atoms with Gasteiger partial charge < -0.3 is 0 Å². The van der Waals surface area contributed by atoms with E-state index in [-0.39, 0.29) is 6.04 Å². The molecule has 0 aliphatic carbocycles. The number of halogens is 2. The number of hydrazine groups is 1. The molecule has 0 radical (unpaired) electrons. The lowest BCUT2D eigenvalue weighted by Gasteiger charge is -2.14. The summed E-state index contributed by atoms with van der Waals surface area (Å²) >= 11 is 8.56. The molecule has 6 heteroatoms. The molecule has 0 aromatic carbocycles. The maximum absolute atomic E-state index is 5.61. The number of nitrogens with two attached hydrogens (primary N) is 1. The Labute approximate surface area is 121 Å². The Balaban J connectivity index is 2.15. The molecule has 3 N–H and O–H groups in total. The maximum Gasteiger partial charge on any atom is 0.0702 e. The van der Waals surface area contributed by atoms with Gasteiger partial charge in [0.2, 0.25) is 0 Å². The second-order valence-electron chi connectivity index (χ2n) is 3.58. The molecule has 2 heterocycles. The van der Waals surface area contributed by atoms with Gasteiger partial charge in [-0.05, 0) is 62.0 Å². The van der Waals surface area contributed by atoms with Crippen LogP contribution in [0.4, 0.5) is 0 Å². The predicted octanol–water partition coefficient (Wildman–Crippen LogP) is 3.42. The largest absolute Gasteiger partial charge is 0.271 e. The van der Waals surface area contributed by atoms with Crippen LogP contribution in [0.3, 0.4) is 0 Å². The molecule has 0 saturated carbocycles. The Morgan fingerprint density at radius 1 is 1.35 bits per heavy atom. The van der Waals surface area contributed by atoms with Crippen LogP contribution in [0, 0.1) is 0 Å². The van der Waals surface area contributed by atoms with Crippen LogP contribution in [0.5, 0.6) is 0 Å². The van der Waals surface area contributed by atoms with E-state index in [1.807, 2.05) is 12.3 Å². The number of aromatic nitrogens is 1. The molecule has 0 aliphatic heterocycles. The highest BCUT2D eigenvalue weighted by Crippen LogP contribution is 2.29. The van der Waals surface area contributed by atoms with Gasteiger partial charge in [-0.3, -0.25) is 16.3 Å². The molecule has 2 aromatic rings. The van der Waals surface area contributed by atoms with Gasteiger partial charge in [0, 0.05) is 21.7 Å². The van der Waals surface area contributed by atoms with Crippen LogP contribution < -0.4 is 11.3 Å². The van der Waals surface area contributed by atoms with Crippen LogP contribution in [0.25, 0.3) is 0 Å². The first kappa shape index (κ1) is 13.2. The van der Waals surface area contributed by atoms with Crippen LogP contribution in [0.1, 0.15) is 16.5 Å². The van der Waals surface area contributed by atoms with Crippen molar-refractivity contribution in [2.24, 2.45) is 5.84 Å². The third kappa shape index (κ3) is 3.59. The molecule has 90 valence electrons. The SMILES string of the molecule is NNC(Cc1cncc(Br)c1)c1ccc(Br)s1. The first-order valence-electron chi connectivity index (χ1n) is 5.00. The second kappa shape index (κ2) is 6.06. The number of pyridine rings is 1. The Morgan fingerprint density at radius 2 is 2.18 bits per heavy atom. The molecule has 1 unspecified atom stereocenters. The van der Waals surface area contributed by atoms with Crippen molar-refractivity contribution in [2.45, 2.75) is 12.5 Å². The van der Waals surface area contributed by atoms with Crippen LogP contribution in [0.15, 0.2) is 38.9 Å². The summed E-state index contributed by atoms with van der Waals surface area (Å²) in [4.78, 5) is 5.36. The molecule has 2 aromatic heterocycles. The summed E-state index contributed by atoms with van der Waals surface area (Å²) < 4.78 is 2.10. The van der Waals surface area contributed by atoms with Crippen molar-refractivity contribution in [3.8, 4) is 0 Å². The third-order valence-electron chi connectivity index (χ3n) is 2.34. The number of hydrogen-bond acceptors (Lipinski definition) is 4. The van der Waals surface area contributed by atoms with E-state index in [0.717, 1.165) is 20.2 Å². The van der Waals surface area contributed by atoms with Crippen LogP contribution >= 0.6 is 43.2 Å². The number of nitrogens with one attached hydrogen (secondary N) is 1. The van der Waals surface area contributed by atoms with E-state index in [1.54, 1.807) is 17.5 Å². The highest BCUT2D eigenvalue weighted by atomic mass is 79.9. The lowest BCUT2D eigenvalue weighted by molar-refractivity contribution is 0.560. The van der Waals surface area contributed by atoms with Gasteiger partial charge in [0.1, 0.15) is 0 Å². The van der Waals surface area contributed by atoms with Gasteiger partial charge in [0.25, 0.3) is 0 Å². The molecule has 0 aliphatic rings. The fourth-order valence-corrected chi connectivity index (χ4v) is 3.46. The van der Waals surface area contributed by atoms with Gasteiger partial charge in [-0.2, -0.15) is 0 Å². The average Bonchev–Trinajstić information content (AvgIpc) is 2.73. The molecule has 2 rings (SSSR count). The highest BCUT2D eigenvalue weighted by molar-refractivity contribution is 9.11. The topological polar surface area (TPSA) is 50.9 Å². The first-order valence-corrected chi connectivity index (χ1v) is 7.40. The van der Waals surface area contributed by atoms with Crippen LogP contribution in [-0.4, -0.2) is 4.98 Å². The minimum absolute atomic E-state index is 0.113. The zero-order chi connectivity index (χ0) is 12.3. The van der Waals surface area contributed by atoms with Gasteiger partial charge in [0.05, 0.1) is 9.83 Å². The van der Waals surface area contributed by atoms with E-state index < -0.39 is 0 Å². The van der Waals surface area contributed by atoms with Crippen molar-refractivity contribution < 1.29 is 0 Å². The lowest BCUT2D eigenvalue weighted by atomic mass is 10.1. The van der Waals surface area contributed by atoms with E-state index in [4.69, 9.17) is 5.84 Å². The molecular formula is C11H11Br2N3S. The number of rotatable bonds is 4. The summed E-state index contributed by atoms with van der Waals surface area (Å²) in [5.74, 6) is 5.61. The van der Waals surface area contributed by atoms with Gasteiger partial charge >= 0.3 is 0 Å². The Bertz CT molecular complexity index is 501. The molecule has 3 nitrogen and oxygen atoms in total. The van der Waals surface area contributed by atoms with Gasteiger partial charge in [-0.15, -0.1) is 11.3 Å². The number of nitrogens with zero attached hydrogens (tertiary/aromatic N) is 1. The quantitative estimate of drug-likeness (QED) is 0.634. The van der Waals surface area contributed by atoms with Crippen molar-refractivity contribution in [3.05, 3.63) is 49.3 Å². The number of hydrogen-bond donors (Lipinski definition) is 2. The Hall–Kier alpha value is -0.270. The first-order chi connectivity index (χ1) is 8.19. The van der Waals surface area contributed by atoms with Crippen molar-refractivity contribution >= 4 is 43.2 Å². The molecule has 0 fully saturated rings. The molecule has 0 spiro atoms. The standard InChI is InChI=1S/C11H11Br2N3S/c12-8-3-7(5-15-6-8)4-9(16-14)10-1-2-11(13)17-10/h1-3,5-6,9,16H,4,14H2. The van der Waals surface area contributed by atoms with Crippen molar-refractivity contribution in [2.75, 3.05) is 0 Å². The fraction of sp³-hybridized carbons (Fsp3) is 0.182. The van der Waals surface area contributed by atoms with E-state index in [0.29, 0.717) is 0 Å². The normalized spacial score (nSPS) is 12.6. The zero-order valence-electron chi connectivity index (χ0n) is 8.86. The summed E-state index contributed by atoms with van der Waals surface area (Å²) in [6.45, 7) is 0. The monoisotopic (exact) mass is 375 g/mol. The third-order valence-corrected chi connectivity index (χ3v) is 4.51. The zero-order valence-corrected chi connectivity index (χ0v) is 12.8. The molecule has 0 amide bonds. The molecule has 17 heavy (non-hydrogen) atoms. The van der Waals surface area contributed by atoms with Crippen LogP contribution in [-0.2, 0) is 6.42 Å². The van der Waals surface area contributed by atoms with Crippen molar-refractivity contribution in [3.63, 3.8) is 0 Å². The summed E-state index contributed by atoms with van der Waals surface area (Å²) in [6, 6.07) is 6.27. The van der Waals surface area contributed by atoms with Gasteiger partial charge in [-0.1, -0.05) is 0 Å². The second-order valence-corrected chi connectivity index (χ2v) is 6.99. The molecule has 0 bridgehead atoms. The van der Waals surface area contributed by atoms with E-state index in [1.165, 1.54) is 4.88 Å². The minimum Gasteiger partial charge on any atom is -0.271 e. The molecule has 1 atom stereocenters. The van der Waals surface area contributed by atoms with E-state index in [9.17, 15) is 0 Å². The molecule has 0 saturated heterocycles. The highest BCUT2D eigenvalue weighted by Gasteiger charge is 2.13. The fourth-order valence-electron chi connectivity index (χ4n) is 1.56. The maximum atomic E-state index is 5.61. The number of thiophene rings is 1.